The quantitative estimate of drug-likeness (QED) is 0.736. The van der Waals surface area contributed by atoms with Crippen LogP contribution < -0.4 is 0 Å². The zero-order chi connectivity index (χ0) is 12.3. The molecule has 0 N–H and O–H groups in total. The van der Waals surface area contributed by atoms with Gasteiger partial charge < -0.3 is 0 Å². The molecule has 1 aromatic heterocycles. The van der Waals surface area contributed by atoms with Crippen LogP contribution in [-0.4, -0.2) is 4.98 Å². The molecular formula is C14H15NS2. The molecule has 0 atom stereocenters. The van der Waals surface area contributed by atoms with Gasteiger partial charge in [0, 0.05) is 11.1 Å². The Bertz CT molecular complexity index is 486. The summed E-state index contributed by atoms with van der Waals surface area (Å²) in [6.45, 7) is 6.48. The third-order valence-corrected chi connectivity index (χ3v) is 5.02. The maximum absolute atomic E-state index is 4.31. The maximum Gasteiger partial charge on any atom is 0.107 e. The van der Waals surface area contributed by atoms with Gasteiger partial charge in [0.05, 0.1) is 0 Å². The highest BCUT2D eigenvalue weighted by Gasteiger charge is 2.06. The molecular weight excluding hydrogens is 246 g/mol. The average molecular weight is 261 g/mol. The highest BCUT2D eigenvalue weighted by molar-refractivity contribution is 8.76. The minimum absolute atomic E-state index is 1.05. The molecule has 0 aliphatic rings. The second-order valence-corrected chi connectivity index (χ2v) is 6.22. The summed E-state index contributed by atoms with van der Waals surface area (Å²) in [5, 5.41) is 1.05. The number of hydrogen-bond donors (Lipinski definition) is 0. The molecule has 88 valence electrons. The molecule has 0 saturated carbocycles. The van der Waals surface area contributed by atoms with Crippen LogP contribution in [0, 0.1) is 20.8 Å². The van der Waals surface area contributed by atoms with Crippen LogP contribution in [0.2, 0.25) is 0 Å². The van der Waals surface area contributed by atoms with Crippen LogP contribution in [0.25, 0.3) is 0 Å². The maximum atomic E-state index is 4.31. The molecule has 3 heteroatoms. The Labute approximate surface area is 110 Å². The van der Waals surface area contributed by atoms with Crippen LogP contribution in [0.5, 0.6) is 0 Å². The largest absolute Gasteiger partial charge is 0.249 e. The Hall–Kier alpha value is -0.930. The minimum atomic E-state index is 1.05. The summed E-state index contributed by atoms with van der Waals surface area (Å²) in [5.41, 5.74) is 4.01. The van der Waals surface area contributed by atoms with Crippen molar-refractivity contribution in [2.45, 2.75) is 30.7 Å². The lowest BCUT2D eigenvalue weighted by Crippen LogP contribution is -1.86. The average Bonchev–Trinajstić information content (AvgIpc) is 2.29. The van der Waals surface area contributed by atoms with Crippen LogP contribution in [0.4, 0.5) is 0 Å². The Morgan fingerprint density at radius 2 is 1.65 bits per heavy atom. The molecule has 0 saturated heterocycles. The molecule has 0 aliphatic carbocycles. The lowest BCUT2D eigenvalue weighted by Gasteiger charge is -2.09. The molecule has 1 aromatic carbocycles. The highest BCUT2D eigenvalue weighted by Crippen LogP contribution is 2.39. The molecule has 0 radical (unpaired) electrons. The summed E-state index contributed by atoms with van der Waals surface area (Å²) in [6.07, 6.45) is 1.83. The summed E-state index contributed by atoms with van der Waals surface area (Å²) >= 11 is 0. The van der Waals surface area contributed by atoms with E-state index in [1.165, 1.54) is 21.6 Å². The van der Waals surface area contributed by atoms with Crippen molar-refractivity contribution in [3.05, 3.63) is 53.2 Å². The van der Waals surface area contributed by atoms with Crippen molar-refractivity contribution < 1.29 is 0 Å². The van der Waals surface area contributed by atoms with E-state index in [9.17, 15) is 0 Å². The molecule has 2 rings (SSSR count). The van der Waals surface area contributed by atoms with Crippen LogP contribution in [0.15, 0.2) is 46.5 Å². The van der Waals surface area contributed by atoms with Gasteiger partial charge in [0.15, 0.2) is 0 Å². The molecule has 0 amide bonds. The predicted molar refractivity (Wildman–Crippen MR) is 76.6 cm³/mol. The van der Waals surface area contributed by atoms with Gasteiger partial charge in [-0.15, -0.1) is 0 Å². The Morgan fingerprint density at radius 1 is 0.941 bits per heavy atom. The van der Waals surface area contributed by atoms with Crippen molar-refractivity contribution >= 4 is 21.6 Å². The Kier molecular flexibility index (Phi) is 4.13. The predicted octanol–water partition coefficient (Wildman–Crippen LogP) is 4.81. The van der Waals surface area contributed by atoms with Crippen molar-refractivity contribution in [1.29, 1.82) is 0 Å². The first-order chi connectivity index (χ1) is 8.16. The van der Waals surface area contributed by atoms with E-state index in [4.69, 9.17) is 0 Å². The summed E-state index contributed by atoms with van der Waals surface area (Å²) in [7, 11) is 3.50. The SMILES string of the molecule is Cc1cc(C)c(SSc2ccccn2)c(C)c1. The van der Waals surface area contributed by atoms with Gasteiger partial charge in [0.2, 0.25) is 0 Å². The Balaban J connectivity index is 2.15. The fraction of sp³-hybridized carbons (Fsp3) is 0.214. The fourth-order valence-corrected chi connectivity index (χ4v) is 4.16. The van der Waals surface area contributed by atoms with Crippen LogP contribution in [0.3, 0.4) is 0 Å². The molecule has 17 heavy (non-hydrogen) atoms. The van der Waals surface area contributed by atoms with Crippen LogP contribution in [0.1, 0.15) is 16.7 Å². The molecule has 0 aliphatic heterocycles. The number of aromatic nitrogens is 1. The lowest BCUT2D eigenvalue weighted by molar-refractivity contribution is 1.14. The molecule has 0 bridgehead atoms. The number of pyridine rings is 1. The first-order valence-electron chi connectivity index (χ1n) is 5.50. The van der Waals surface area contributed by atoms with Gasteiger partial charge in [-0.25, -0.2) is 4.98 Å². The van der Waals surface area contributed by atoms with Gasteiger partial charge in [0.1, 0.15) is 5.03 Å². The number of aryl methyl sites for hydroxylation is 3. The topological polar surface area (TPSA) is 12.9 Å². The van der Waals surface area contributed by atoms with E-state index in [2.05, 4.69) is 37.9 Å². The van der Waals surface area contributed by atoms with E-state index in [1.807, 2.05) is 24.4 Å². The van der Waals surface area contributed by atoms with Gasteiger partial charge in [-0.2, -0.15) is 0 Å². The molecule has 0 unspecified atom stereocenters. The van der Waals surface area contributed by atoms with E-state index in [0.717, 1.165) is 5.03 Å². The highest BCUT2D eigenvalue weighted by atomic mass is 33.1. The molecule has 0 fully saturated rings. The molecule has 2 aromatic rings. The second-order valence-electron chi connectivity index (χ2n) is 4.06. The zero-order valence-electron chi connectivity index (χ0n) is 10.2. The van der Waals surface area contributed by atoms with E-state index in [-0.39, 0.29) is 0 Å². The first-order valence-corrected chi connectivity index (χ1v) is 7.65. The van der Waals surface area contributed by atoms with Crippen molar-refractivity contribution in [2.24, 2.45) is 0 Å². The smallest absolute Gasteiger partial charge is 0.107 e. The number of benzene rings is 1. The van der Waals surface area contributed by atoms with Gasteiger partial charge in [-0.05, 0) is 54.8 Å². The van der Waals surface area contributed by atoms with Crippen molar-refractivity contribution in [2.75, 3.05) is 0 Å². The van der Waals surface area contributed by atoms with Crippen LogP contribution in [-0.2, 0) is 0 Å². The normalized spacial score (nSPS) is 10.5. The van der Waals surface area contributed by atoms with E-state index < -0.39 is 0 Å². The van der Waals surface area contributed by atoms with Gasteiger partial charge in [0.25, 0.3) is 0 Å². The number of hydrogen-bond acceptors (Lipinski definition) is 3. The minimum Gasteiger partial charge on any atom is -0.249 e. The third-order valence-electron chi connectivity index (χ3n) is 2.45. The monoisotopic (exact) mass is 261 g/mol. The van der Waals surface area contributed by atoms with Gasteiger partial charge >= 0.3 is 0 Å². The van der Waals surface area contributed by atoms with Crippen molar-refractivity contribution in [1.82, 2.24) is 4.98 Å². The summed E-state index contributed by atoms with van der Waals surface area (Å²) in [5.74, 6) is 0. The van der Waals surface area contributed by atoms with Gasteiger partial charge in [-0.3, -0.25) is 0 Å². The fourth-order valence-electron chi connectivity index (χ4n) is 1.78. The molecule has 1 nitrogen and oxygen atoms in total. The summed E-state index contributed by atoms with van der Waals surface area (Å²) in [4.78, 5) is 5.67. The third kappa shape index (κ3) is 3.27. The molecule has 1 heterocycles. The lowest BCUT2D eigenvalue weighted by atomic mass is 10.1. The van der Waals surface area contributed by atoms with Crippen molar-refractivity contribution in [3.63, 3.8) is 0 Å². The van der Waals surface area contributed by atoms with E-state index in [1.54, 1.807) is 21.6 Å². The molecule has 0 spiro atoms. The standard InChI is InChI=1S/C14H15NS2/c1-10-8-11(2)14(12(3)9-10)17-16-13-6-4-5-7-15-13/h4-9H,1-3H3. The number of nitrogens with zero attached hydrogens (tertiary/aromatic N) is 1. The van der Waals surface area contributed by atoms with Crippen LogP contribution >= 0.6 is 21.6 Å². The van der Waals surface area contributed by atoms with Crippen molar-refractivity contribution in [3.8, 4) is 0 Å². The number of rotatable bonds is 3. The van der Waals surface area contributed by atoms with E-state index in [0.29, 0.717) is 0 Å². The summed E-state index contributed by atoms with van der Waals surface area (Å²) in [6, 6.07) is 10.5. The first kappa shape index (κ1) is 12.5. The van der Waals surface area contributed by atoms with E-state index >= 15 is 0 Å². The summed E-state index contributed by atoms with van der Waals surface area (Å²) < 4.78 is 0. The second kappa shape index (κ2) is 5.61. The van der Waals surface area contributed by atoms with Gasteiger partial charge in [-0.1, -0.05) is 34.6 Å². The Morgan fingerprint density at radius 3 is 2.24 bits per heavy atom. The zero-order valence-corrected chi connectivity index (χ0v) is 11.9.